The van der Waals surface area contributed by atoms with Crippen molar-refractivity contribution in [3.05, 3.63) is 35.6 Å². The van der Waals surface area contributed by atoms with Crippen molar-refractivity contribution in [1.82, 2.24) is 15.5 Å². The van der Waals surface area contributed by atoms with Crippen LogP contribution in [0.1, 0.15) is 37.8 Å². The zero-order valence-corrected chi connectivity index (χ0v) is 12.8. The standard InChI is InChI=1S/C16H22FN3O2/c1-2-9-18-16(22)19-15(21)11-20-10-3-4-14(20)12-5-7-13(17)8-6-12/h5-8,14H,2-4,9-11H2,1H3,(H2,18,19,21,22)/t14-/m0/s1. The van der Waals surface area contributed by atoms with E-state index in [0.29, 0.717) is 6.54 Å². The SMILES string of the molecule is CCCNC(=O)NC(=O)CN1CCC[C@H]1c1ccc(F)cc1. The lowest BCUT2D eigenvalue weighted by Gasteiger charge is -2.24. The highest BCUT2D eigenvalue weighted by molar-refractivity contribution is 5.95. The largest absolute Gasteiger partial charge is 0.338 e. The van der Waals surface area contributed by atoms with Gasteiger partial charge in [-0.3, -0.25) is 15.0 Å². The molecule has 120 valence electrons. The van der Waals surface area contributed by atoms with Gasteiger partial charge in [0.1, 0.15) is 5.82 Å². The van der Waals surface area contributed by atoms with Crippen molar-refractivity contribution in [3.63, 3.8) is 0 Å². The maximum absolute atomic E-state index is 13.0. The molecule has 0 aliphatic carbocycles. The van der Waals surface area contributed by atoms with Gasteiger partial charge in [0, 0.05) is 12.6 Å². The molecule has 6 heteroatoms. The summed E-state index contributed by atoms with van der Waals surface area (Å²) in [6.45, 7) is 3.45. The van der Waals surface area contributed by atoms with Gasteiger partial charge in [0.05, 0.1) is 6.54 Å². The van der Waals surface area contributed by atoms with Gasteiger partial charge in [0.25, 0.3) is 0 Å². The Morgan fingerprint density at radius 2 is 2.05 bits per heavy atom. The number of urea groups is 1. The molecule has 3 amide bonds. The van der Waals surface area contributed by atoms with Crippen LogP contribution >= 0.6 is 0 Å². The van der Waals surface area contributed by atoms with E-state index in [1.54, 1.807) is 12.1 Å². The van der Waals surface area contributed by atoms with Crippen LogP contribution in [0, 0.1) is 5.82 Å². The third kappa shape index (κ3) is 4.53. The van der Waals surface area contributed by atoms with Crippen molar-refractivity contribution in [1.29, 1.82) is 0 Å². The van der Waals surface area contributed by atoms with E-state index >= 15 is 0 Å². The number of hydrogen-bond acceptors (Lipinski definition) is 3. The van der Waals surface area contributed by atoms with Crippen molar-refractivity contribution in [2.45, 2.75) is 32.2 Å². The van der Waals surface area contributed by atoms with Gasteiger partial charge in [-0.15, -0.1) is 0 Å². The Kier molecular flexibility index (Phi) is 5.89. The van der Waals surface area contributed by atoms with Crippen LogP contribution in [0.2, 0.25) is 0 Å². The van der Waals surface area contributed by atoms with Gasteiger partial charge in [0.15, 0.2) is 0 Å². The van der Waals surface area contributed by atoms with Crippen molar-refractivity contribution in [2.75, 3.05) is 19.6 Å². The summed E-state index contributed by atoms with van der Waals surface area (Å²) in [6.07, 6.45) is 2.73. The first-order valence-electron chi connectivity index (χ1n) is 7.67. The lowest BCUT2D eigenvalue weighted by atomic mass is 10.0. The minimum absolute atomic E-state index is 0.102. The number of hydrogen-bond donors (Lipinski definition) is 2. The van der Waals surface area contributed by atoms with E-state index in [4.69, 9.17) is 0 Å². The summed E-state index contributed by atoms with van der Waals surface area (Å²) in [5.74, 6) is -0.582. The predicted molar refractivity (Wildman–Crippen MR) is 81.8 cm³/mol. The highest BCUT2D eigenvalue weighted by Gasteiger charge is 2.27. The first-order chi connectivity index (χ1) is 10.6. The molecule has 22 heavy (non-hydrogen) atoms. The Hall–Kier alpha value is -1.95. The number of benzene rings is 1. The van der Waals surface area contributed by atoms with E-state index in [-0.39, 0.29) is 24.3 Å². The maximum atomic E-state index is 13.0. The summed E-state index contributed by atoms with van der Waals surface area (Å²) >= 11 is 0. The number of carbonyl (C=O) groups is 2. The average molecular weight is 307 g/mol. The fourth-order valence-corrected chi connectivity index (χ4v) is 2.71. The molecule has 0 radical (unpaired) electrons. The number of rotatable bonds is 5. The molecule has 0 aromatic heterocycles. The monoisotopic (exact) mass is 307 g/mol. The predicted octanol–water partition coefficient (Wildman–Crippen LogP) is 2.20. The quantitative estimate of drug-likeness (QED) is 0.876. The molecule has 1 saturated heterocycles. The zero-order valence-electron chi connectivity index (χ0n) is 12.8. The van der Waals surface area contributed by atoms with E-state index in [1.807, 2.05) is 11.8 Å². The van der Waals surface area contributed by atoms with Crippen LogP contribution in [-0.2, 0) is 4.79 Å². The van der Waals surface area contributed by atoms with Crippen molar-refractivity contribution in [2.24, 2.45) is 0 Å². The second-order valence-electron chi connectivity index (χ2n) is 5.48. The first kappa shape index (κ1) is 16.4. The maximum Gasteiger partial charge on any atom is 0.321 e. The number of halogens is 1. The molecule has 1 fully saturated rings. The molecule has 5 nitrogen and oxygen atoms in total. The van der Waals surface area contributed by atoms with E-state index < -0.39 is 6.03 Å². The molecule has 2 N–H and O–H groups in total. The van der Waals surface area contributed by atoms with Crippen LogP contribution in [-0.4, -0.2) is 36.5 Å². The van der Waals surface area contributed by atoms with Crippen LogP contribution < -0.4 is 10.6 Å². The van der Waals surface area contributed by atoms with Crippen LogP contribution in [0.15, 0.2) is 24.3 Å². The second-order valence-corrected chi connectivity index (χ2v) is 5.48. The third-order valence-electron chi connectivity index (χ3n) is 3.75. The van der Waals surface area contributed by atoms with Gasteiger partial charge in [-0.1, -0.05) is 19.1 Å². The number of carbonyl (C=O) groups excluding carboxylic acids is 2. The summed E-state index contributed by atoms with van der Waals surface area (Å²) in [4.78, 5) is 25.4. The number of nitrogens with one attached hydrogen (secondary N) is 2. The second kappa shape index (κ2) is 7.89. The fourth-order valence-electron chi connectivity index (χ4n) is 2.71. The van der Waals surface area contributed by atoms with Crippen LogP contribution in [0.25, 0.3) is 0 Å². The van der Waals surface area contributed by atoms with Crippen LogP contribution in [0.5, 0.6) is 0 Å². The molecule has 1 aliphatic heterocycles. The minimum atomic E-state index is -0.454. The fraction of sp³-hybridized carbons (Fsp3) is 0.500. The van der Waals surface area contributed by atoms with Crippen LogP contribution in [0.3, 0.4) is 0 Å². The Bertz CT molecular complexity index is 519. The van der Waals surface area contributed by atoms with E-state index in [1.165, 1.54) is 12.1 Å². The molecular weight excluding hydrogens is 285 g/mol. The molecule has 0 spiro atoms. The van der Waals surface area contributed by atoms with Gasteiger partial charge in [-0.25, -0.2) is 9.18 Å². The topological polar surface area (TPSA) is 61.4 Å². The minimum Gasteiger partial charge on any atom is -0.338 e. The average Bonchev–Trinajstić information content (AvgIpc) is 2.93. The molecule has 2 rings (SSSR count). The highest BCUT2D eigenvalue weighted by atomic mass is 19.1. The van der Waals surface area contributed by atoms with Gasteiger partial charge in [-0.2, -0.15) is 0 Å². The summed E-state index contributed by atoms with van der Waals surface area (Å²) in [6, 6.07) is 6.03. The van der Waals surface area contributed by atoms with Crippen molar-refractivity contribution >= 4 is 11.9 Å². The molecule has 1 aliphatic rings. The summed E-state index contributed by atoms with van der Waals surface area (Å²) < 4.78 is 13.0. The Morgan fingerprint density at radius 3 is 2.73 bits per heavy atom. The third-order valence-corrected chi connectivity index (χ3v) is 3.75. The van der Waals surface area contributed by atoms with Gasteiger partial charge < -0.3 is 5.32 Å². The van der Waals surface area contributed by atoms with Gasteiger partial charge in [-0.05, 0) is 43.5 Å². The normalized spacial score (nSPS) is 18.2. The highest BCUT2D eigenvalue weighted by Crippen LogP contribution is 2.31. The Balaban J connectivity index is 1.89. The lowest BCUT2D eigenvalue weighted by Crippen LogP contribution is -2.44. The number of amides is 3. The molecular formula is C16H22FN3O2. The van der Waals surface area contributed by atoms with Crippen molar-refractivity contribution < 1.29 is 14.0 Å². The van der Waals surface area contributed by atoms with Gasteiger partial charge >= 0.3 is 6.03 Å². The summed E-state index contributed by atoms with van der Waals surface area (Å²) in [7, 11) is 0. The molecule has 1 heterocycles. The molecule has 1 atom stereocenters. The van der Waals surface area contributed by atoms with E-state index in [2.05, 4.69) is 10.6 Å². The molecule has 1 aromatic rings. The zero-order chi connectivity index (χ0) is 15.9. The number of likely N-dealkylation sites (tertiary alicyclic amines) is 1. The lowest BCUT2D eigenvalue weighted by molar-refractivity contribution is -0.121. The van der Waals surface area contributed by atoms with Crippen molar-refractivity contribution in [3.8, 4) is 0 Å². The van der Waals surface area contributed by atoms with Gasteiger partial charge in [0.2, 0.25) is 5.91 Å². The number of imide groups is 1. The molecule has 0 bridgehead atoms. The number of nitrogens with zero attached hydrogens (tertiary/aromatic N) is 1. The van der Waals surface area contributed by atoms with Crippen LogP contribution in [0.4, 0.5) is 9.18 Å². The molecule has 0 unspecified atom stereocenters. The Labute approximate surface area is 129 Å². The molecule has 0 saturated carbocycles. The first-order valence-corrected chi connectivity index (χ1v) is 7.67. The summed E-state index contributed by atoms with van der Waals surface area (Å²) in [5.41, 5.74) is 1.00. The van der Waals surface area contributed by atoms with E-state index in [0.717, 1.165) is 31.4 Å². The molecule has 1 aromatic carbocycles. The smallest absolute Gasteiger partial charge is 0.321 e. The van der Waals surface area contributed by atoms with E-state index in [9.17, 15) is 14.0 Å². The Morgan fingerprint density at radius 1 is 1.32 bits per heavy atom. The summed E-state index contributed by atoms with van der Waals surface area (Å²) in [5, 5.41) is 4.94.